The van der Waals surface area contributed by atoms with E-state index in [1.54, 1.807) is 0 Å². The molecule has 0 radical (unpaired) electrons. The highest BCUT2D eigenvalue weighted by molar-refractivity contribution is 6.09. The molecule has 2 aromatic rings. The normalized spacial score (nSPS) is 10.2. The lowest BCUT2D eigenvalue weighted by Crippen LogP contribution is -2.00. The predicted octanol–water partition coefficient (Wildman–Crippen LogP) is 2.47. The van der Waals surface area contributed by atoms with Crippen molar-refractivity contribution >= 4 is 5.78 Å². The van der Waals surface area contributed by atoms with Crippen LogP contribution in [0.25, 0.3) is 0 Å². The molecule has 0 bridgehead atoms. The van der Waals surface area contributed by atoms with Crippen LogP contribution in [0.5, 0.6) is 11.5 Å². The maximum absolute atomic E-state index is 12.7. The number of halogens is 1. The van der Waals surface area contributed by atoms with Crippen molar-refractivity contribution < 1.29 is 19.4 Å². The first kappa shape index (κ1) is 11.1. The van der Waals surface area contributed by atoms with E-state index in [2.05, 4.69) is 0 Å². The van der Waals surface area contributed by atoms with Crippen LogP contribution in [-0.2, 0) is 0 Å². The van der Waals surface area contributed by atoms with Crippen molar-refractivity contribution in [3.63, 3.8) is 0 Å². The fourth-order valence-corrected chi connectivity index (χ4v) is 1.43. The molecule has 86 valence electrons. The minimum Gasteiger partial charge on any atom is -0.504 e. The molecule has 2 rings (SSSR count). The molecule has 0 spiro atoms. The highest BCUT2D eigenvalue weighted by atomic mass is 19.1. The van der Waals surface area contributed by atoms with E-state index in [1.807, 2.05) is 0 Å². The van der Waals surface area contributed by atoms with Crippen molar-refractivity contribution in [3.8, 4) is 11.5 Å². The zero-order chi connectivity index (χ0) is 12.4. The van der Waals surface area contributed by atoms with Crippen molar-refractivity contribution in [3.05, 3.63) is 59.4 Å². The Balaban J connectivity index is 2.37. The van der Waals surface area contributed by atoms with Crippen LogP contribution in [-0.4, -0.2) is 16.0 Å². The van der Waals surface area contributed by atoms with Crippen LogP contribution in [0.4, 0.5) is 4.39 Å². The maximum atomic E-state index is 12.7. The molecule has 2 N–H and O–H groups in total. The number of aromatic hydroxyl groups is 2. The molecule has 0 aromatic heterocycles. The Hall–Kier alpha value is -2.36. The van der Waals surface area contributed by atoms with Gasteiger partial charge in [0.1, 0.15) is 5.82 Å². The summed E-state index contributed by atoms with van der Waals surface area (Å²) in [7, 11) is 0. The summed E-state index contributed by atoms with van der Waals surface area (Å²) in [6.07, 6.45) is 0. The van der Waals surface area contributed by atoms with Gasteiger partial charge in [0.15, 0.2) is 17.3 Å². The topological polar surface area (TPSA) is 57.5 Å². The van der Waals surface area contributed by atoms with Gasteiger partial charge in [0, 0.05) is 11.1 Å². The highest BCUT2D eigenvalue weighted by Crippen LogP contribution is 2.26. The molecule has 0 aliphatic rings. The third-order valence-corrected chi connectivity index (χ3v) is 2.34. The number of rotatable bonds is 2. The smallest absolute Gasteiger partial charge is 0.193 e. The van der Waals surface area contributed by atoms with Crippen LogP contribution in [0.1, 0.15) is 15.9 Å². The lowest BCUT2D eigenvalue weighted by molar-refractivity contribution is 0.103. The molecule has 0 atom stereocenters. The number of hydrogen-bond donors (Lipinski definition) is 2. The zero-order valence-corrected chi connectivity index (χ0v) is 8.72. The second-order valence-corrected chi connectivity index (χ2v) is 3.54. The molecule has 0 unspecified atom stereocenters. The summed E-state index contributed by atoms with van der Waals surface area (Å²) in [4.78, 5) is 11.9. The summed E-state index contributed by atoms with van der Waals surface area (Å²) in [6, 6.07) is 8.89. The Morgan fingerprint density at radius 2 is 1.47 bits per heavy atom. The third kappa shape index (κ3) is 2.25. The largest absolute Gasteiger partial charge is 0.504 e. The molecule has 17 heavy (non-hydrogen) atoms. The number of phenolic OH excluding ortho intramolecular Hbond substituents is 2. The lowest BCUT2D eigenvalue weighted by atomic mass is 10.0. The molecule has 0 aliphatic carbocycles. The Morgan fingerprint density at radius 3 is 2.06 bits per heavy atom. The molecule has 2 aromatic carbocycles. The van der Waals surface area contributed by atoms with E-state index in [0.29, 0.717) is 5.56 Å². The third-order valence-electron chi connectivity index (χ3n) is 2.34. The monoisotopic (exact) mass is 232 g/mol. The van der Waals surface area contributed by atoms with E-state index >= 15 is 0 Å². The quantitative estimate of drug-likeness (QED) is 0.617. The van der Waals surface area contributed by atoms with Gasteiger partial charge < -0.3 is 10.2 Å². The standard InChI is InChI=1S/C13H9FO3/c14-10-4-1-8(2-5-10)13(17)9-3-6-11(15)12(16)7-9/h1-7,15-16H. The lowest BCUT2D eigenvalue weighted by Gasteiger charge is -2.03. The summed E-state index contributed by atoms with van der Waals surface area (Å²) in [5.74, 6) is -1.42. The molecule has 0 amide bonds. The molecule has 0 heterocycles. The van der Waals surface area contributed by atoms with Gasteiger partial charge >= 0.3 is 0 Å². The Bertz CT molecular complexity index is 561. The van der Waals surface area contributed by atoms with Crippen LogP contribution in [0.15, 0.2) is 42.5 Å². The van der Waals surface area contributed by atoms with Crippen molar-refractivity contribution in [2.24, 2.45) is 0 Å². The van der Waals surface area contributed by atoms with Crippen molar-refractivity contribution in [1.82, 2.24) is 0 Å². The summed E-state index contributed by atoms with van der Waals surface area (Å²) >= 11 is 0. The maximum Gasteiger partial charge on any atom is 0.193 e. The zero-order valence-electron chi connectivity index (χ0n) is 8.72. The fraction of sp³-hybridized carbons (Fsp3) is 0. The molecule has 0 saturated carbocycles. The van der Waals surface area contributed by atoms with Crippen LogP contribution in [0, 0.1) is 5.82 Å². The minimum absolute atomic E-state index is 0.229. The molecule has 0 saturated heterocycles. The van der Waals surface area contributed by atoms with E-state index in [1.165, 1.54) is 42.5 Å². The SMILES string of the molecule is O=C(c1ccc(F)cc1)c1ccc(O)c(O)c1. The average molecular weight is 232 g/mol. The molecule has 0 fully saturated rings. The molecule has 0 aliphatic heterocycles. The summed E-state index contributed by atoms with van der Waals surface area (Å²) < 4.78 is 12.7. The summed E-state index contributed by atoms with van der Waals surface area (Å²) in [6.45, 7) is 0. The van der Waals surface area contributed by atoms with Crippen molar-refractivity contribution in [2.45, 2.75) is 0 Å². The number of benzene rings is 2. The molecule has 4 heteroatoms. The Morgan fingerprint density at radius 1 is 0.882 bits per heavy atom. The van der Waals surface area contributed by atoms with Gasteiger partial charge in [0.2, 0.25) is 0 Å². The van der Waals surface area contributed by atoms with Gasteiger partial charge in [-0.05, 0) is 42.5 Å². The van der Waals surface area contributed by atoms with Gasteiger partial charge in [-0.2, -0.15) is 0 Å². The molecular weight excluding hydrogens is 223 g/mol. The van der Waals surface area contributed by atoms with E-state index in [-0.39, 0.29) is 22.8 Å². The van der Waals surface area contributed by atoms with E-state index in [9.17, 15) is 14.3 Å². The van der Waals surface area contributed by atoms with Gasteiger partial charge in [0.05, 0.1) is 0 Å². The van der Waals surface area contributed by atoms with Crippen LogP contribution < -0.4 is 0 Å². The van der Waals surface area contributed by atoms with Gasteiger partial charge in [-0.15, -0.1) is 0 Å². The number of hydrogen-bond acceptors (Lipinski definition) is 3. The number of carbonyl (C=O) groups excluding carboxylic acids is 1. The Labute approximate surface area is 96.8 Å². The van der Waals surface area contributed by atoms with E-state index in [0.717, 1.165) is 0 Å². The predicted molar refractivity (Wildman–Crippen MR) is 59.6 cm³/mol. The van der Waals surface area contributed by atoms with Crippen LogP contribution in [0.2, 0.25) is 0 Å². The highest BCUT2D eigenvalue weighted by Gasteiger charge is 2.11. The number of ketones is 1. The molecular formula is C13H9FO3. The second kappa shape index (κ2) is 4.25. The van der Waals surface area contributed by atoms with Gasteiger partial charge in [0.25, 0.3) is 0 Å². The van der Waals surface area contributed by atoms with Crippen molar-refractivity contribution in [1.29, 1.82) is 0 Å². The van der Waals surface area contributed by atoms with Gasteiger partial charge in [-0.3, -0.25) is 4.79 Å². The summed E-state index contributed by atoms with van der Waals surface area (Å²) in [5, 5.41) is 18.4. The first-order valence-electron chi connectivity index (χ1n) is 4.90. The van der Waals surface area contributed by atoms with E-state index in [4.69, 9.17) is 5.11 Å². The first-order chi connectivity index (χ1) is 8.08. The van der Waals surface area contributed by atoms with Crippen molar-refractivity contribution in [2.75, 3.05) is 0 Å². The molecule has 3 nitrogen and oxygen atoms in total. The number of carbonyl (C=O) groups is 1. The first-order valence-corrected chi connectivity index (χ1v) is 4.90. The number of phenols is 2. The van der Waals surface area contributed by atoms with Crippen LogP contribution in [0.3, 0.4) is 0 Å². The summed E-state index contributed by atoms with van der Waals surface area (Å²) in [5.41, 5.74) is 0.545. The van der Waals surface area contributed by atoms with Crippen LogP contribution >= 0.6 is 0 Å². The van der Waals surface area contributed by atoms with Gasteiger partial charge in [-0.25, -0.2) is 4.39 Å². The second-order valence-electron chi connectivity index (χ2n) is 3.54. The average Bonchev–Trinajstić information content (AvgIpc) is 2.33. The van der Waals surface area contributed by atoms with Gasteiger partial charge in [-0.1, -0.05) is 0 Å². The fourth-order valence-electron chi connectivity index (χ4n) is 1.43. The minimum atomic E-state index is -0.421. The Kier molecular flexibility index (Phi) is 2.78. The van der Waals surface area contributed by atoms with E-state index < -0.39 is 5.82 Å².